The Kier molecular flexibility index (Phi) is 7.02. The van der Waals surface area contributed by atoms with Crippen LogP contribution in [0.4, 0.5) is 0 Å². The Hall–Kier alpha value is -2.33. The van der Waals surface area contributed by atoms with E-state index in [-0.39, 0.29) is 25.3 Å². The number of benzene rings is 1. The predicted octanol–water partition coefficient (Wildman–Crippen LogP) is 2.58. The molecular formula is C14H14N4O5S2. The number of ether oxygens (including phenoxy) is 1. The van der Waals surface area contributed by atoms with Gasteiger partial charge in [-0.05, 0) is 23.2 Å². The molecule has 0 aliphatic heterocycles. The highest BCUT2D eigenvalue weighted by Gasteiger charge is 2.15. The maximum absolute atomic E-state index is 11.5. The van der Waals surface area contributed by atoms with Crippen molar-refractivity contribution in [1.29, 1.82) is 0 Å². The molecule has 1 aromatic carbocycles. The van der Waals surface area contributed by atoms with Crippen molar-refractivity contribution in [2.75, 3.05) is 12.3 Å². The first-order chi connectivity index (χ1) is 12.0. The van der Waals surface area contributed by atoms with E-state index in [2.05, 4.69) is 15.0 Å². The van der Waals surface area contributed by atoms with Gasteiger partial charge in [-0.15, -0.1) is 11.3 Å². The maximum atomic E-state index is 11.5. The lowest BCUT2D eigenvalue weighted by atomic mass is 10.2. The monoisotopic (exact) mass is 382 g/mol. The number of carbonyl (C=O) groups is 2. The molecule has 0 bridgehead atoms. The number of fused-ring (bicyclic) bond motifs is 1. The van der Waals surface area contributed by atoms with Gasteiger partial charge in [-0.2, -0.15) is 0 Å². The average molecular weight is 382 g/mol. The van der Waals surface area contributed by atoms with Crippen molar-refractivity contribution in [2.45, 2.75) is 23.5 Å². The molecule has 9 nitrogen and oxygen atoms in total. The zero-order valence-corrected chi connectivity index (χ0v) is 14.5. The third kappa shape index (κ3) is 5.91. The lowest BCUT2D eigenvalue weighted by molar-refractivity contribution is -0.145. The summed E-state index contributed by atoms with van der Waals surface area (Å²) in [6.07, 6.45) is -1.41. The predicted molar refractivity (Wildman–Crippen MR) is 92.4 cm³/mol. The van der Waals surface area contributed by atoms with Gasteiger partial charge in [0, 0.05) is 17.2 Å². The highest BCUT2D eigenvalue weighted by Crippen LogP contribution is 2.30. The molecule has 2 N–H and O–H groups in total. The van der Waals surface area contributed by atoms with E-state index in [0.717, 1.165) is 15.8 Å². The van der Waals surface area contributed by atoms with E-state index in [4.69, 9.17) is 15.4 Å². The zero-order chi connectivity index (χ0) is 18.2. The largest absolute Gasteiger partial charge is 0.479 e. The second kappa shape index (κ2) is 9.23. The van der Waals surface area contributed by atoms with Gasteiger partial charge in [0.05, 0.1) is 16.6 Å². The van der Waals surface area contributed by atoms with Gasteiger partial charge in [0.2, 0.25) is 0 Å². The number of azide groups is 1. The smallest absolute Gasteiger partial charge is 0.333 e. The summed E-state index contributed by atoms with van der Waals surface area (Å²) in [6, 6.07) is 5.40. The third-order valence-electron chi connectivity index (χ3n) is 2.96. The second-order valence-electron chi connectivity index (χ2n) is 4.81. The molecule has 0 aliphatic carbocycles. The molecule has 1 atom stereocenters. The van der Waals surface area contributed by atoms with E-state index < -0.39 is 18.0 Å². The Morgan fingerprint density at radius 1 is 1.48 bits per heavy atom. The fourth-order valence-electron chi connectivity index (χ4n) is 1.74. The molecule has 0 spiro atoms. The summed E-state index contributed by atoms with van der Waals surface area (Å²) in [5.74, 6) is -1.70. The number of thioether (sulfide) groups is 1. The number of aliphatic hydroxyl groups excluding tert-OH is 1. The molecule has 1 aromatic heterocycles. The van der Waals surface area contributed by atoms with Crippen LogP contribution in [0, 0.1) is 0 Å². The number of esters is 1. The summed E-state index contributed by atoms with van der Waals surface area (Å²) in [4.78, 5) is 29.0. The molecule has 0 amide bonds. The van der Waals surface area contributed by atoms with E-state index in [1.807, 2.05) is 6.07 Å². The first-order valence-corrected chi connectivity index (χ1v) is 8.89. The number of nitrogens with zero attached hydrogens (tertiary/aromatic N) is 4. The van der Waals surface area contributed by atoms with E-state index in [1.54, 1.807) is 12.1 Å². The molecule has 1 unspecified atom stereocenters. The molecular weight excluding hydrogens is 368 g/mol. The minimum atomic E-state index is -1.43. The summed E-state index contributed by atoms with van der Waals surface area (Å²) in [5, 5.41) is 21.2. The number of aromatic nitrogens is 1. The fraction of sp³-hybridized carbons (Fsp3) is 0.357. The van der Waals surface area contributed by atoms with Crippen molar-refractivity contribution >= 4 is 45.3 Å². The van der Waals surface area contributed by atoms with Gasteiger partial charge in [0.1, 0.15) is 6.61 Å². The molecule has 2 aromatic rings. The second-order valence-corrected chi connectivity index (χ2v) is 7.11. The van der Waals surface area contributed by atoms with E-state index >= 15 is 0 Å². The van der Waals surface area contributed by atoms with Crippen molar-refractivity contribution < 1.29 is 24.5 Å². The van der Waals surface area contributed by atoms with Crippen LogP contribution in [-0.4, -0.2) is 45.5 Å². The van der Waals surface area contributed by atoms with Crippen molar-refractivity contribution in [2.24, 2.45) is 5.11 Å². The fourth-order valence-corrected chi connectivity index (χ4v) is 3.82. The molecule has 0 saturated carbocycles. The van der Waals surface area contributed by atoms with Crippen molar-refractivity contribution in [3.05, 3.63) is 34.2 Å². The number of aliphatic carboxylic acids is 1. The Morgan fingerprint density at radius 3 is 3.00 bits per heavy atom. The van der Waals surface area contributed by atoms with Crippen molar-refractivity contribution in [1.82, 2.24) is 4.98 Å². The number of thiazole rings is 1. The van der Waals surface area contributed by atoms with Crippen LogP contribution in [0.2, 0.25) is 0 Å². The minimum Gasteiger partial charge on any atom is -0.479 e. The molecule has 25 heavy (non-hydrogen) atoms. The molecule has 2 rings (SSSR count). The van der Waals surface area contributed by atoms with Gasteiger partial charge in [0.15, 0.2) is 10.4 Å². The number of carboxylic acid groups (broad SMARTS) is 1. The van der Waals surface area contributed by atoms with Crippen LogP contribution < -0.4 is 0 Å². The first-order valence-electron chi connectivity index (χ1n) is 7.09. The lowest BCUT2D eigenvalue weighted by Crippen LogP contribution is -2.21. The number of aliphatic hydroxyl groups is 1. The minimum absolute atomic E-state index is 0.0187. The van der Waals surface area contributed by atoms with Crippen molar-refractivity contribution in [3.63, 3.8) is 0 Å². The maximum Gasteiger partial charge on any atom is 0.333 e. The van der Waals surface area contributed by atoms with Gasteiger partial charge >= 0.3 is 11.9 Å². The van der Waals surface area contributed by atoms with Gasteiger partial charge in [-0.1, -0.05) is 22.9 Å². The molecule has 0 fully saturated rings. The summed E-state index contributed by atoms with van der Waals surface area (Å²) in [6.45, 7) is 0.162. The average Bonchev–Trinajstić information content (AvgIpc) is 3.00. The van der Waals surface area contributed by atoms with Crippen LogP contribution in [0.1, 0.15) is 12.0 Å². The summed E-state index contributed by atoms with van der Waals surface area (Å²) in [7, 11) is 0. The third-order valence-corrected chi connectivity index (χ3v) is 5.20. The van der Waals surface area contributed by atoms with Gasteiger partial charge in [-0.3, -0.25) is 4.79 Å². The van der Waals surface area contributed by atoms with E-state index in [1.165, 1.54) is 23.1 Å². The van der Waals surface area contributed by atoms with Gasteiger partial charge in [0.25, 0.3) is 0 Å². The summed E-state index contributed by atoms with van der Waals surface area (Å²) < 4.78 is 6.62. The molecule has 0 radical (unpaired) electrons. The summed E-state index contributed by atoms with van der Waals surface area (Å²) >= 11 is 2.54. The standard InChI is InChI=1S/C14H14N4O5S2/c15-18-16-4-3-12(20)23-6-8-1-2-9-11(5-8)25-14(17-9)24-7-10(19)13(21)22/h1-2,5,10,19H,3-4,6-7H2,(H,21,22). The SMILES string of the molecule is [N-]=[N+]=NCCC(=O)OCc1ccc2nc(SCC(O)C(=O)O)sc2c1. The lowest BCUT2D eigenvalue weighted by Gasteiger charge is -2.03. The van der Waals surface area contributed by atoms with Crippen LogP contribution >= 0.6 is 23.1 Å². The summed E-state index contributed by atoms with van der Waals surface area (Å²) in [5.41, 5.74) is 9.68. The highest BCUT2D eigenvalue weighted by molar-refractivity contribution is 8.01. The molecule has 1 heterocycles. The Balaban J connectivity index is 1.94. The Morgan fingerprint density at radius 2 is 2.28 bits per heavy atom. The highest BCUT2D eigenvalue weighted by atomic mass is 32.2. The topological polar surface area (TPSA) is 145 Å². The first kappa shape index (κ1) is 19.0. The normalized spacial score (nSPS) is 11.7. The molecule has 0 saturated heterocycles. The van der Waals surface area contributed by atoms with Crippen LogP contribution in [0.25, 0.3) is 20.7 Å². The Labute approximate surface area is 150 Å². The van der Waals surface area contributed by atoms with E-state index in [0.29, 0.717) is 4.34 Å². The number of carbonyl (C=O) groups excluding carboxylic acids is 1. The number of rotatable bonds is 9. The van der Waals surface area contributed by atoms with Crippen LogP contribution in [-0.2, 0) is 20.9 Å². The number of hydrogen-bond acceptors (Lipinski definition) is 8. The van der Waals surface area contributed by atoms with Gasteiger partial charge < -0.3 is 14.9 Å². The Bertz CT molecular complexity index is 819. The van der Waals surface area contributed by atoms with E-state index in [9.17, 15) is 14.7 Å². The van der Waals surface area contributed by atoms with Crippen molar-refractivity contribution in [3.8, 4) is 0 Å². The zero-order valence-electron chi connectivity index (χ0n) is 12.9. The number of hydrogen-bond donors (Lipinski definition) is 2. The molecule has 132 valence electrons. The van der Waals surface area contributed by atoms with Crippen LogP contribution in [0.3, 0.4) is 0 Å². The van der Waals surface area contributed by atoms with Gasteiger partial charge in [-0.25, -0.2) is 9.78 Å². The van der Waals surface area contributed by atoms with Crippen LogP contribution in [0.15, 0.2) is 27.7 Å². The quantitative estimate of drug-likeness (QED) is 0.223. The van der Waals surface area contributed by atoms with Crippen LogP contribution in [0.5, 0.6) is 0 Å². The molecule has 0 aliphatic rings. The number of carboxylic acids is 1. The molecule has 11 heteroatoms.